The molecular formula is C16H21FN2O2. The Balaban J connectivity index is 1.45. The van der Waals surface area contributed by atoms with E-state index in [0.29, 0.717) is 31.6 Å². The number of alkyl halides is 1. The lowest BCUT2D eigenvalue weighted by Gasteiger charge is -2.35. The Bertz CT molecular complexity index is 500. The average molecular weight is 292 g/mol. The van der Waals surface area contributed by atoms with Crippen LogP contribution in [0.3, 0.4) is 0 Å². The van der Waals surface area contributed by atoms with Gasteiger partial charge in [-0.3, -0.25) is 0 Å². The molecule has 0 bridgehead atoms. The molecule has 1 aromatic carbocycles. The van der Waals surface area contributed by atoms with E-state index in [1.165, 1.54) is 10.5 Å². The number of benzene rings is 1. The van der Waals surface area contributed by atoms with E-state index in [0.717, 1.165) is 6.42 Å². The van der Waals surface area contributed by atoms with Crippen LogP contribution in [0.5, 0.6) is 0 Å². The zero-order valence-electron chi connectivity index (χ0n) is 12.0. The molecule has 2 fully saturated rings. The Morgan fingerprint density at radius 1 is 1.33 bits per heavy atom. The first-order valence-electron chi connectivity index (χ1n) is 7.52. The second kappa shape index (κ2) is 5.64. The maximum Gasteiger partial charge on any atom is 0.407 e. The number of rotatable bonds is 4. The maximum absolute atomic E-state index is 14.6. The van der Waals surface area contributed by atoms with Gasteiger partial charge in [0.1, 0.15) is 5.67 Å². The molecule has 1 aliphatic heterocycles. The third-order valence-electron chi connectivity index (χ3n) is 4.63. The van der Waals surface area contributed by atoms with Crippen LogP contribution < -0.4 is 5.32 Å². The molecule has 1 aliphatic carbocycles. The smallest absolute Gasteiger partial charge is 0.407 e. The van der Waals surface area contributed by atoms with E-state index < -0.39 is 11.8 Å². The molecule has 1 amide bonds. The van der Waals surface area contributed by atoms with Crippen LogP contribution >= 0.6 is 0 Å². The van der Waals surface area contributed by atoms with Crippen molar-refractivity contribution >= 4 is 6.09 Å². The SMILES string of the molecule is O=C(O)N1CCC(F)(CN[C@@H]2C[C@H]2c2ccccc2)CC1. The van der Waals surface area contributed by atoms with E-state index in [9.17, 15) is 9.18 Å². The molecule has 0 radical (unpaired) electrons. The van der Waals surface area contributed by atoms with Gasteiger partial charge in [0, 0.05) is 44.4 Å². The number of nitrogens with one attached hydrogen (secondary N) is 1. The Kier molecular flexibility index (Phi) is 3.85. The molecule has 3 rings (SSSR count). The highest BCUT2D eigenvalue weighted by Crippen LogP contribution is 2.41. The quantitative estimate of drug-likeness (QED) is 0.897. The van der Waals surface area contributed by atoms with Crippen molar-refractivity contribution in [2.24, 2.45) is 0 Å². The summed E-state index contributed by atoms with van der Waals surface area (Å²) >= 11 is 0. The van der Waals surface area contributed by atoms with Gasteiger partial charge in [-0.1, -0.05) is 30.3 Å². The largest absolute Gasteiger partial charge is 0.465 e. The molecule has 1 saturated heterocycles. The van der Waals surface area contributed by atoms with Gasteiger partial charge in [0.15, 0.2) is 0 Å². The molecule has 2 atom stereocenters. The van der Waals surface area contributed by atoms with Gasteiger partial charge in [-0.15, -0.1) is 0 Å². The van der Waals surface area contributed by atoms with Crippen LogP contribution in [0, 0.1) is 0 Å². The normalized spacial score (nSPS) is 27.4. The van der Waals surface area contributed by atoms with E-state index in [4.69, 9.17) is 5.11 Å². The molecule has 0 aromatic heterocycles. The van der Waals surface area contributed by atoms with Crippen LogP contribution in [0.15, 0.2) is 30.3 Å². The minimum absolute atomic E-state index is 0.287. The zero-order valence-corrected chi connectivity index (χ0v) is 12.0. The molecule has 5 heteroatoms. The van der Waals surface area contributed by atoms with Gasteiger partial charge >= 0.3 is 6.09 Å². The van der Waals surface area contributed by atoms with Crippen LogP contribution in [-0.4, -0.2) is 47.4 Å². The summed E-state index contributed by atoms with van der Waals surface area (Å²) < 4.78 is 14.6. The predicted molar refractivity (Wildman–Crippen MR) is 78.3 cm³/mol. The summed E-state index contributed by atoms with van der Waals surface area (Å²) in [6.07, 6.45) is 0.683. The molecule has 21 heavy (non-hydrogen) atoms. The van der Waals surface area contributed by atoms with Crippen molar-refractivity contribution < 1.29 is 14.3 Å². The summed E-state index contributed by atoms with van der Waals surface area (Å²) in [4.78, 5) is 12.1. The number of halogens is 1. The summed E-state index contributed by atoms with van der Waals surface area (Å²) in [5.74, 6) is 0.494. The number of hydrogen-bond acceptors (Lipinski definition) is 2. The lowest BCUT2D eigenvalue weighted by Crippen LogP contribution is -2.49. The molecule has 2 aliphatic rings. The second-order valence-electron chi connectivity index (χ2n) is 6.16. The molecule has 1 heterocycles. The monoisotopic (exact) mass is 292 g/mol. The van der Waals surface area contributed by atoms with Gasteiger partial charge in [0.05, 0.1) is 0 Å². The number of nitrogens with zero attached hydrogens (tertiary/aromatic N) is 1. The van der Waals surface area contributed by atoms with E-state index in [1.54, 1.807) is 0 Å². The van der Waals surface area contributed by atoms with Gasteiger partial charge < -0.3 is 15.3 Å². The van der Waals surface area contributed by atoms with Crippen LogP contribution in [0.2, 0.25) is 0 Å². The third kappa shape index (κ3) is 3.35. The number of carboxylic acid groups (broad SMARTS) is 1. The summed E-state index contributed by atoms with van der Waals surface area (Å²) in [7, 11) is 0. The third-order valence-corrected chi connectivity index (χ3v) is 4.63. The first-order valence-corrected chi connectivity index (χ1v) is 7.52. The van der Waals surface area contributed by atoms with Crippen LogP contribution in [0.1, 0.15) is 30.7 Å². The van der Waals surface area contributed by atoms with Crippen molar-refractivity contribution in [3.63, 3.8) is 0 Å². The Morgan fingerprint density at radius 3 is 2.62 bits per heavy atom. The van der Waals surface area contributed by atoms with E-state index in [-0.39, 0.29) is 12.8 Å². The number of piperidine rings is 1. The number of carbonyl (C=O) groups is 1. The number of amides is 1. The fourth-order valence-electron chi connectivity index (χ4n) is 3.08. The van der Waals surface area contributed by atoms with Crippen LogP contribution in [-0.2, 0) is 0 Å². The maximum atomic E-state index is 14.6. The molecule has 1 aromatic rings. The second-order valence-corrected chi connectivity index (χ2v) is 6.16. The highest BCUT2D eigenvalue weighted by atomic mass is 19.1. The summed E-state index contributed by atoms with van der Waals surface area (Å²) in [6.45, 7) is 0.912. The fraction of sp³-hybridized carbons (Fsp3) is 0.562. The molecule has 1 saturated carbocycles. The summed E-state index contributed by atoms with van der Waals surface area (Å²) in [5, 5.41) is 12.2. The minimum Gasteiger partial charge on any atom is -0.465 e. The molecule has 2 N–H and O–H groups in total. The van der Waals surface area contributed by atoms with E-state index in [1.807, 2.05) is 18.2 Å². The first kappa shape index (κ1) is 14.3. The van der Waals surface area contributed by atoms with Gasteiger partial charge in [-0.05, 0) is 12.0 Å². The van der Waals surface area contributed by atoms with Crippen molar-refractivity contribution in [1.82, 2.24) is 10.2 Å². The van der Waals surface area contributed by atoms with Crippen LogP contribution in [0.25, 0.3) is 0 Å². The summed E-state index contributed by atoms with van der Waals surface area (Å²) in [5.41, 5.74) is 0.0408. The van der Waals surface area contributed by atoms with Crippen molar-refractivity contribution in [2.45, 2.75) is 36.9 Å². The first-order chi connectivity index (χ1) is 10.1. The zero-order chi connectivity index (χ0) is 14.9. The highest BCUT2D eigenvalue weighted by molar-refractivity contribution is 5.65. The Morgan fingerprint density at radius 2 is 2.00 bits per heavy atom. The van der Waals surface area contributed by atoms with Gasteiger partial charge in [0.2, 0.25) is 0 Å². The molecule has 4 nitrogen and oxygen atoms in total. The van der Waals surface area contributed by atoms with Crippen molar-refractivity contribution in [1.29, 1.82) is 0 Å². The summed E-state index contributed by atoms with van der Waals surface area (Å²) in [6, 6.07) is 10.6. The van der Waals surface area contributed by atoms with Crippen molar-refractivity contribution in [3.05, 3.63) is 35.9 Å². The average Bonchev–Trinajstić information content (AvgIpc) is 3.26. The fourth-order valence-corrected chi connectivity index (χ4v) is 3.08. The van der Waals surface area contributed by atoms with Gasteiger partial charge in [-0.25, -0.2) is 9.18 Å². The molecule has 0 spiro atoms. The lowest BCUT2D eigenvalue weighted by molar-refractivity contribution is 0.0566. The predicted octanol–water partition coefficient (Wildman–Crippen LogP) is 2.61. The lowest BCUT2D eigenvalue weighted by atomic mass is 9.93. The standard InChI is InChI=1S/C16H21FN2O2/c17-16(6-8-19(9-7-16)15(20)21)11-18-14-10-13(14)12-4-2-1-3-5-12/h1-5,13-14,18H,6-11H2,(H,20,21)/t13-,14+/m0/s1. The van der Waals surface area contributed by atoms with Gasteiger partial charge in [0.25, 0.3) is 0 Å². The Labute approximate surface area is 124 Å². The van der Waals surface area contributed by atoms with E-state index >= 15 is 0 Å². The Hall–Kier alpha value is -1.62. The minimum atomic E-state index is -1.27. The molecular weight excluding hydrogens is 271 g/mol. The van der Waals surface area contributed by atoms with Crippen molar-refractivity contribution in [2.75, 3.05) is 19.6 Å². The van der Waals surface area contributed by atoms with E-state index in [2.05, 4.69) is 17.4 Å². The molecule has 114 valence electrons. The van der Waals surface area contributed by atoms with Crippen LogP contribution in [0.4, 0.5) is 9.18 Å². The van der Waals surface area contributed by atoms with Crippen molar-refractivity contribution in [3.8, 4) is 0 Å². The number of likely N-dealkylation sites (tertiary alicyclic amines) is 1. The number of hydrogen-bond donors (Lipinski definition) is 2. The highest BCUT2D eigenvalue weighted by Gasteiger charge is 2.41. The van der Waals surface area contributed by atoms with Gasteiger partial charge in [-0.2, -0.15) is 0 Å². The topological polar surface area (TPSA) is 52.6 Å². The molecule has 0 unspecified atom stereocenters.